The molecule has 1 amide bonds. The number of halogens is 1. The molecular formula is C19H23ClN4O. The summed E-state index contributed by atoms with van der Waals surface area (Å²) in [5.41, 5.74) is 7.93. The van der Waals surface area contributed by atoms with Gasteiger partial charge in [-0.2, -0.15) is 0 Å². The van der Waals surface area contributed by atoms with Crippen molar-refractivity contribution >= 4 is 23.5 Å². The quantitative estimate of drug-likeness (QED) is 0.526. The van der Waals surface area contributed by atoms with Crippen molar-refractivity contribution in [3.8, 4) is 0 Å². The number of nitrogens with zero attached hydrogens (tertiary/aromatic N) is 1. The molecule has 0 saturated carbocycles. The van der Waals surface area contributed by atoms with E-state index in [1.807, 2.05) is 37.3 Å². The Labute approximate surface area is 153 Å². The fourth-order valence-electron chi connectivity index (χ4n) is 2.30. The van der Waals surface area contributed by atoms with Gasteiger partial charge < -0.3 is 16.4 Å². The van der Waals surface area contributed by atoms with Gasteiger partial charge in [0.25, 0.3) is 0 Å². The van der Waals surface area contributed by atoms with E-state index >= 15 is 0 Å². The number of guanidine groups is 1. The van der Waals surface area contributed by atoms with Crippen molar-refractivity contribution in [1.82, 2.24) is 10.6 Å². The van der Waals surface area contributed by atoms with Crippen LogP contribution in [0.5, 0.6) is 0 Å². The monoisotopic (exact) mass is 358 g/mol. The largest absolute Gasteiger partial charge is 0.366 e. The summed E-state index contributed by atoms with van der Waals surface area (Å²) in [6.45, 7) is 4.08. The average Bonchev–Trinajstić information content (AvgIpc) is 2.60. The number of amides is 1. The lowest BCUT2D eigenvalue weighted by Gasteiger charge is -2.11. The Morgan fingerprint density at radius 1 is 1.12 bits per heavy atom. The standard InChI is InChI=1S/C19H23ClN4O/c1-2-22-19(23-11-10-14-4-3-5-17(20)12-14)24-13-15-6-8-16(9-7-15)18(21)25/h3-9,12H,2,10-11,13H2,1H3,(H2,21,25)(H2,22,23,24). The van der Waals surface area contributed by atoms with Gasteiger partial charge in [-0.05, 0) is 48.7 Å². The van der Waals surface area contributed by atoms with E-state index in [-0.39, 0.29) is 0 Å². The predicted molar refractivity (Wildman–Crippen MR) is 103 cm³/mol. The van der Waals surface area contributed by atoms with E-state index in [0.717, 1.165) is 36.1 Å². The van der Waals surface area contributed by atoms with E-state index in [0.29, 0.717) is 12.1 Å². The van der Waals surface area contributed by atoms with Crippen LogP contribution in [0.2, 0.25) is 5.02 Å². The molecule has 0 atom stereocenters. The Balaban J connectivity index is 1.90. The van der Waals surface area contributed by atoms with Crippen LogP contribution < -0.4 is 16.4 Å². The van der Waals surface area contributed by atoms with E-state index in [2.05, 4.69) is 21.7 Å². The number of carbonyl (C=O) groups excluding carboxylic acids is 1. The van der Waals surface area contributed by atoms with E-state index in [1.165, 1.54) is 5.56 Å². The van der Waals surface area contributed by atoms with Crippen LogP contribution in [-0.2, 0) is 13.0 Å². The molecule has 0 aliphatic carbocycles. The normalized spacial score (nSPS) is 11.2. The minimum absolute atomic E-state index is 0.425. The Bertz CT molecular complexity index is 728. The molecule has 0 unspecified atom stereocenters. The van der Waals surface area contributed by atoms with Gasteiger partial charge in [-0.15, -0.1) is 0 Å². The summed E-state index contributed by atoms with van der Waals surface area (Å²) in [5.74, 6) is 0.328. The molecule has 0 aliphatic heterocycles. The summed E-state index contributed by atoms with van der Waals surface area (Å²) in [5, 5.41) is 7.28. The van der Waals surface area contributed by atoms with Gasteiger partial charge in [0.2, 0.25) is 5.91 Å². The van der Waals surface area contributed by atoms with Crippen LogP contribution in [0.1, 0.15) is 28.4 Å². The highest BCUT2D eigenvalue weighted by molar-refractivity contribution is 6.30. The van der Waals surface area contributed by atoms with Gasteiger partial charge >= 0.3 is 0 Å². The average molecular weight is 359 g/mol. The number of nitrogens with one attached hydrogen (secondary N) is 2. The van der Waals surface area contributed by atoms with E-state index in [9.17, 15) is 4.79 Å². The van der Waals surface area contributed by atoms with Crippen molar-refractivity contribution in [2.45, 2.75) is 19.9 Å². The Morgan fingerprint density at radius 3 is 2.52 bits per heavy atom. The molecule has 0 saturated heterocycles. The van der Waals surface area contributed by atoms with Crippen LogP contribution in [0.25, 0.3) is 0 Å². The Hall–Kier alpha value is -2.53. The van der Waals surface area contributed by atoms with Gasteiger partial charge in [-0.1, -0.05) is 35.9 Å². The number of hydrogen-bond acceptors (Lipinski definition) is 2. The van der Waals surface area contributed by atoms with Crippen molar-refractivity contribution in [1.29, 1.82) is 0 Å². The zero-order valence-electron chi connectivity index (χ0n) is 14.3. The molecule has 0 aliphatic rings. The molecule has 4 N–H and O–H groups in total. The molecular weight excluding hydrogens is 336 g/mol. The third-order valence-electron chi connectivity index (χ3n) is 3.60. The maximum atomic E-state index is 11.1. The lowest BCUT2D eigenvalue weighted by molar-refractivity contribution is 0.100. The van der Waals surface area contributed by atoms with E-state index < -0.39 is 5.91 Å². The fourth-order valence-corrected chi connectivity index (χ4v) is 2.52. The van der Waals surface area contributed by atoms with Crippen LogP contribution in [0.15, 0.2) is 53.5 Å². The van der Waals surface area contributed by atoms with Gasteiger partial charge in [-0.3, -0.25) is 4.79 Å². The fraction of sp³-hybridized carbons (Fsp3) is 0.263. The molecule has 0 heterocycles. The number of benzene rings is 2. The first-order valence-electron chi connectivity index (χ1n) is 8.24. The Kier molecular flexibility index (Phi) is 7.29. The zero-order valence-corrected chi connectivity index (χ0v) is 15.0. The number of primary amides is 1. The molecule has 0 bridgehead atoms. The minimum Gasteiger partial charge on any atom is -0.366 e. The molecule has 2 aromatic rings. The molecule has 0 fully saturated rings. The first-order chi connectivity index (χ1) is 12.1. The second kappa shape index (κ2) is 9.69. The smallest absolute Gasteiger partial charge is 0.248 e. The number of hydrogen-bond donors (Lipinski definition) is 3. The highest BCUT2D eigenvalue weighted by Crippen LogP contribution is 2.10. The van der Waals surface area contributed by atoms with Gasteiger partial charge in [-0.25, -0.2) is 4.99 Å². The first-order valence-corrected chi connectivity index (χ1v) is 8.61. The molecule has 0 aromatic heterocycles. The predicted octanol–water partition coefficient (Wildman–Crippen LogP) is 2.74. The van der Waals surface area contributed by atoms with E-state index in [4.69, 9.17) is 17.3 Å². The van der Waals surface area contributed by atoms with Crippen LogP contribution in [0, 0.1) is 0 Å². The van der Waals surface area contributed by atoms with Gasteiger partial charge in [0.1, 0.15) is 0 Å². The van der Waals surface area contributed by atoms with Crippen molar-refractivity contribution in [2.24, 2.45) is 10.7 Å². The molecule has 25 heavy (non-hydrogen) atoms. The molecule has 0 radical (unpaired) electrons. The SMILES string of the molecule is CCNC(=NCc1ccc(C(N)=O)cc1)NCCc1cccc(Cl)c1. The summed E-state index contributed by atoms with van der Waals surface area (Å²) in [4.78, 5) is 15.6. The van der Waals surface area contributed by atoms with Gasteiger partial charge in [0.15, 0.2) is 5.96 Å². The minimum atomic E-state index is -0.425. The number of aliphatic imine (C=N–C) groups is 1. The molecule has 5 nitrogen and oxygen atoms in total. The molecule has 6 heteroatoms. The molecule has 2 rings (SSSR count). The van der Waals surface area contributed by atoms with Crippen LogP contribution in [0.3, 0.4) is 0 Å². The highest BCUT2D eigenvalue weighted by Gasteiger charge is 2.01. The Morgan fingerprint density at radius 2 is 1.88 bits per heavy atom. The summed E-state index contributed by atoms with van der Waals surface area (Å²) in [6, 6.07) is 15.0. The van der Waals surface area contributed by atoms with Crippen molar-refractivity contribution < 1.29 is 4.79 Å². The topological polar surface area (TPSA) is 79.5 Å². The van der Waals surface area contributed by atoms with Crippen molar-refractivity contribution in [2.75, 3.05) is 13.1 Å². The zero-order chi connectivity index (χ0) is 18.1. The summed E-state index contributed by atoms with van der Waals surface area (Å²) < 4.78 is 0. The summed E-state index contributed by atoms with van der Waals surface area (Å²) in [7, 11) is 0. The third kappa shape index (κ3) is 6.47. The third-order valence-corrected chi connectivity index (χ3v) is 3.83. The highest BCUT2D eigenvalue weighted by atomic mass is 35.5. The van der Waals surface area contributed by atoms with Crippen LogP contribution >= 0.6 is 11.6 Å². The maximum Gasteiger partial charge on any atom is 0.248 e. The number of nitrogens with two attached hydrogens (primary N) is 1. The maximum absolute atomic E-state index is 11.1. The van der Waals surface area contributed by atoms with Gasteiger partial charge in [0.05, 0.1) is 6.54 Å². The molecule has 132 valence electrons. The molecule has 0 spiro atoms. The lowest BCUT2D eigenvalue weighted by atomic mass is 10.1. The number of carbonyl (C=O) groups is 1. The van der Waals surface area contributed by atoms with Crippen LogP contribution in [0.4, 0.5) is 0 Å². The molecule has 2 aromatic carbocycles. The lowest BCUT2D eigenvalue weighted by Crippen LogP contribution is -2.38. The van der Waals surface area contributed by atoms with Crippen LogP contribution in [-0.4, -0.2) is 25.0 Å². The second-order valence-corrected chi connectivity index (χ2v) is 6.00. The second-order valence-electron chi connectivity index (χ2n) is 5.56. The van der Waals surface area contributed by atoms with Crippen molar-refractivity contribution in [3.05, 3.63) is 70.2 Å². The summed E-state index contributed by atoms with van der Waals surface area (Å²) in [6.07, 6.45) is 0.859. The van der Waals surface area contributed by atoms with Crippen molar-refractivity contribution in [3.63, 3.8) is 0 Å². The van der Waals surface area contributed by atoms with E-state index in [1.54, 1.807) is 12.1 Å². The summed E-state index contributed by atoms with van der Waals surface area (Å²) >= 11 is 6.00. The first kappa shape index (κ1) is 18.8. The van der Waals surface area contributed by atoms with Gasteiger partial charge in [0, 0.05) is 23.7 Å². The number of rotatable bonds is 7.